The van der Waals surface area contributed by atoms with E-state index in [1.165, 1.54) is 103 Å². The smallest absolute Gasteiger partial charge is 0.0622 e. The molecule has 0 aromatic heterocycles. The first-order valence-electron chi connectivity index (χ1n) is 16.2. The summed E-state index contributed by atoms with van der Waals surface area (Å²) in [7, 11) is 0. The van der Waals surface area contributed by atoms with Crippen molar-refractivity contribution in [3.05, 3.63) is 0 Å². The van der Waals surface area contributed by atoms with Crippen LogP contribution in [0.25, 0.3) is 0 Å². The van der Waals surface area contributed by atoms with E-state index in [-0.39, 0.29) is 11.7 Å². The number of alkyl halides is 1. The lowest BCUT2D eigenvalue weighted by Gasteiger charge is -2.33. The molecule has 7 atom stereocenters. The summed E-state index contributed by atoms with van der Waals surface area (Å²) in [5, 5.41) is 20.9. The van der Waals surface area contributed by atoms with Gasteiger partial charge in [-0.1, -0.05) is 114 Å². The monoisotopic (exact) mass is 618 g/mol. The van der Waals surface area contributed by atoms with E-state index in [0.717, 1.165) is 52.8 Å². The molecule has 0 heterocycles. The predicted octanol–water partition coefficient (Wildman–Crippen LogP) is 10.1. The van der Waals surface area contributed by atoms with Crippen molar-refractivity contribution in [2.75, 3.05) is 0 Å². The summed E-state index contributed by atoms with van der Waals surface area (Å²) in [5.74, 6) is 4.79. The number of aliphatic hydroxyl groups excluding tert-OH is 1. The van der Waals surface area contributed by atoms with Crippen molar-refractivity contribution in [3.63, 3.8) is 0 Å². The molecule has 2 saturated carbocycles. The molecule has 0 bridgehead atoms. The van der Waals surface area contributed by atoms with E-state index in [9.17, 15) is 10.2 Å². The number of halogens is 1. The number of aliphatic hydroxyl groups is 2. The Kier molecular flexibility index (Phi) is 15.8. The van der Waals surface area contributed by atoms with Gasteiger partial charge >= 0.3 is 0 Å². The van der Waals surface area contributed by atoms with Gasteiger partial charge in [0.15, 0.2) is 0 Å². The average molecular weight is 619 g/mol. The molecule has 214 valence electrons. The Labute approximate surface area is 239 Å². The fourth-order valence-electron chi connectivity index (χ4n) is 7.46. The van der Waals surface area contributed by atoms with E-state index in [0.29, 0.717) is 5.92 Å². The van der Waals surface area contributed by atoms with Crippen molar-refractivity contribution >= 4 is 22.6 Å². The molecule has 0 aliphatic heterocycles. The Morgan fingerprint density at radius 3 is 2.17 bits per heavy atom. The van der Waals surface area contributed by atoms with Gasteiger partial charge < -0.3 is 10.2 Å². The second-order valence-electron chi connectivity index (χ2n) is 13.8. The van der Waals surface area contributed by atoms with Gasteiger partial charge in [-0.3, -0.25) is 0 Å². The summed E-state index contributed by atoms with van der Waals surface area (Å²) < 4.78 is 0.743. The topological polar surface area (TPSA) is 40.5 Å². The molecule has 0 amide bonds. The van der Waals surface area contributed by atoms with Crippen LogP contribution < -0.4 is 0 Å². The Hall–Kier alpha value is 0.650. The van der Waals surface area contributed by atoms with Gasteiger partial charge in [-0.25, -0.2) is 0 Å². The summed E-state index contributed by atoms with van der Waals surface area (Å²) in [6.45, 7) is 11.5. The third-order valence-corrected chi connectivity index (χ3v) is 11.7. The summed E-state index contributed by atoms with van der Waals surface area (Å²) in [6, 6.07) is 0. The van der Waals surface area contributed by atoms with Crippen LogP contribution in [0.15, 0.2) is 0 Å². The largest absolute Gasteiger partial charge is 0.393 e. The molecular formula is C33H63IO2. The molecule has 2 aliphatic carbocycles. The van der Waals surface area contributed by atoms with Gasteiger partial charge in [-0.05, 0) is 100 Å². The molecule has 2 nitrogen and oxygen atoms in total. The van der Waals surface area contributed by atoms with E-state index < -0.39 is 0 Å². The first-order valence-corrected chi connectivity index (χ1v) is 17.4. The van der Waals surface area contributed by atoms with Crippen LogP contribution >= 0.6 is 22.6 Å². The summed E-state index contributed by atoms with van der Waals surface area (Å²) in [5.41, 5.74) is -0.382. The molecule has 2 N–H and O–H groups in total. The lowest BCUT2D eigenvalue weighted by molar-refractivity contribution is 0.0630. The fourth-order valence-corrected chi connectivity index (χ4v) is 8.83. The van der Waals surface area contributed by atoms with Crippen molar-refractivity contribution in [2.24, 2.45) is 35.5 Å². The van der Waals surface area contributed by atoms with Crippen molar-refractivity contribution in [1.29, 1.82) is 0 Å². The third-order valence-electron chi connectivity index (χ3n) is 10.2. The number of hydrogen-bond acceptors (Lipinski definition) is 2. The molecule has 3 heteroatoms. The van der Waals surface area contributed by atoms with Crippen LogP contribution in [0.4, 0.5) is 0 Å². The molecule has 0 saturated heterocycles. The quantitative estimate of drug-likeness (QED) is 0.0912. The summed E-state index contributed by atoms with van der Waals surface area (Å²) >= 11 is 2.73. The number of hydrogen-bond donors (Lipinski definition) is 2. The van der Waals surface area contributed by atoms with Gasteiger partial charge in [-0.15, -0.1) is 0 Å². The van der Waals surface area contributed by atoms with E-state index >= 15 is 0 Å². The van der Waals surface area contributed by atoms with E-state index in [1.807, 2.05) is 6.92 Å². The Morgan fingerprint density at radius 1 is 0.889 bits per heavy atom. The molecule has 0 aromatic rings. The summed E-state index contributed by atoms with van der Waals surface area (Å²) in [6.07, 6.45) is 24.3. The maximum Gasteiger partial charge on any atom is 0.0622 e. The molecule has 2 fully saturated rings. The van der Waals surface area contributed by atoms with E-state index in [2.05, 4.69) is 50.3 Å². The van der Waals surface area contributed by atoms with Crippen LogP contribution in [0.5, 0.6) is 0 Å². The number of unbranched alkanes of at least 4 members (excludes halogenated alkanes) is 2. The first-order chi connectivity index (χ1) is 17.1. The van der Waals surface area contributed by atoms with Crippen LogP contribution in [0.1, 0.15) is 157 Å². The zero-order valence-electron chi connectivity index (χ0n) is 24.8. The maximum absolute atomic E-state index is 10.7. The maximum atomic E-state index is 10.7. The summed E-state index contributed by atoms with van der Waals surface area (Å²) in [4.78, 5) is 0. The minimum atomic E-state index is -0.382. The van der Waals surface area contributed by atoms with Crippen molar-refractivity contribution in [3.8, 4) is 0 Å². The van der Waals surface area contributed by atoms with Crippen molar-refractivity contribution in [2.45, 2.75) is 172 Å². The fraction of sp³-hybridized carbons (Fsp3) is 1.00. The lowest BCUT2D eigenvalue weighted by atomic mass is 9.78. The number of rotatable bonds is 18. The Bertz CT molecular complexity index is 556. The van der Waals surface area contributed by atoms with Crippen LogP contribution in [0, 0.1) is 35.5 Å². The van der Waals surface area contributed by atoms with Crippen LogP contribution in [0.2, 0.25) is 0 Å². The zero-order valence-corrected chi connectivity index (χ0v) is 27.0. The third kappa shape index (κ3) is 12.7. The van der Waals surface area contributed by atoms with Crippen molar-refractivity contribution < 1.29 is 10.2 Å². The predicted molar refractivity (Wildman–Crippen MR) is 166 cm³/mol. The molecule has 0 aromatic carbocycles. The van der Waals surface area contributed by atoms with Crippen LogP contribution in [-0.2, 0) is 0 Å². The molecule has 36 heavy (non-hydrogen) atoms. The van der Waals surface area contributed by atoms with Gasteiger partial charge in [0.05, 0.1) is 11.7 Å². The molecular weight excluding hydrogens is 555 g/mol. The Balaban J connectivity index is 1.61. The van der Waals surface area contributed by atoms with Crippen molar-refractivity contribution in [1.82, 2.24) is 0 Å². The van der Waals surface area contributed by atoms with E-state index in [1.54, 1.807) is 0 Å². The second-order valence-corrected chi connectivity index (χ2v) is 15.4. The highest BCUT2D eigenvalue weighted by Gasteiger charge is 2.32. The molecule has 2 rings (SSSR count). The minimum absolute atomic E-state index is 0.109. The van der Waals surface area contributed by atoms with Crippen LogP contribution in [-0.4, -0.2) is 25.8 Å². The first kappa shape index (κ1) is 32.9. The van der Waals surface area contributed by atoms with Gasteiger partial charge in [0.1, 0.15) is 0 Å². The van der Waals surface area contributed by atoms with Gasteiger partial charge in [-0.2, -0.15) is 0 Å². The average Bonchev–Trinajstić information content (AvgIpc) is 3.20. The second kappa shape index (κ2) is 17.4. The van der Waals surface area contributed by atoms with Gasteiger partial charge in [0.25, 0.3) is 0 Å². The molecule has 0 radical (unpaired) electrons. The molecule has 0 spiro atoms. The highest BCUT2D eigenvalue weighted by atomic mass is 127. The highest BCUT2D eigenvalue weighted by Crippen LogP contribution is 2.39. The normalized spacial score (nSPS) is 31.2. The highest BCUT2D eigenvalue weighted by molar-refractivity contribution is 14.1. The minimum Gasteiger partial charge on any atom is -0.393 e. The van der Waals surface area contributed by atoms with Crippen LogP contribution in [0.3, 0.4) is 0 Å². The Morgan fingerprint density at radius 2 is 1.56 bits per heavy atom. The zero-order chi connectivity index (χ0) is 26.6. The SMILES string of the molecule is CCC(CCCCC1CCC(C)(O)C1)CC(C)CCCC[C@@H](CC(I)C1CCC(C)CC1)C(O)CC. The lowest BCUT2D eigenvalue weighted by Crippen LogP contribution is -2.28. The molecule has 2 aliphatic rings. The standard InChI is InChI=1S/C33H63IO2/c1-6-27(13-9-10-14-28-20-21-33(5,36)24-28)22-26(4)12-8-11-15-30(32(35)7-2)23-31(34)29-18-16-25(3)17-19-29/h25-32,35-36H,6-24H2,1-5H3/t25?,26?,27?,28?,29?,30-,31?,32?,33?/m0/s1. The van der Waals surface area contributed by atoms with Gasteiger partial charge in [0, 0.05) is 3.92 Å². The van der Waals surface area contributed by atoms with E-state index in [4.69, 9.17) is 0 Å². The molecule has 6 unspecified atom stereocenters. The van der Waals surface area contributed by atoms with Gasteiger partial charge in [0.2, 0.25) is 0 Å².